The van der Waals surface area contributed by atoms with Crippen LogP contribution in [0.3, 0.4) is 0 Å². The molecule has 5 heteroatoms. The Morgan fingerprint density at radius 2 is 2.05 bits per heavy atom. The van der Waals surface area contributed by atoms with E-state index < -0.39 is 11.7 Å². The maximum atomic E-state index is 13.2. The van der Waals surface area contributed by atoms with Gasteiger partial charge < -0.3 is 15.7 Å². The van der Waals surface area contributed by atoms with Gasteiger partial charge in [-0.25, -0.2) is 4.39 Å². The Labute approximate surface area is 116 Å². The fourth-order valence-electron chi connectivity index (χ4n) is 1.96. The molecule has 0 bridgehead atoms. The third-order valence-electron chi connectivity index (χ3n) is 2.93. The zero-order valence-corrected chi connectivity index (χ0v) is 11.0. The van der Waals surface area contributed by atoms with Crippen LogP contribution >= 0.6 is 0 Å². The molecule has 0 unspecified atom stereocenters. The summed E-state index contributed by atoms with van der Waals surface area (Å²) in [4.78, 5) is 13.8. The number of hydrogen-bond acceptors (Lipinski definition) is 3. The Kier molecular flexibility index (Phi) is 3.89. The lowest BCUT2D eigenvalue weighted by molar-refractivity contribution is 0.0985. The number of halogens is 1. The van der Waals surface area contributed by atoms with Crippen LogP contribution < -0.4 is 10.6 Å². The van der Waals surface area contributed by atoms with Gasteiger partial charge in [-0.1, -0.05) is 6.07 Å². The van der Waals surface area contributed by atoms with Gasteiger partial charge in [0, 0.05) is 17.9 Å². The van der Waals surface area contributed by atoms with Crippen LogP contribution in [0.25, 0.3) is 0 Å². The summed E-state index contributed by atoms with van der Waals surface area (Å²) in [6.07, 6.45) is 0. The Hall–Kier alpha value is -2.56. The lowest BCUT2D eigenvalue weighted by Gasteiger charge is -2.21. The summed E-state index contributed by atoms with van der Waals surface area (Å²) in [5.74, 6) is -1.30. The number of carbonyl (C=O) groups is 1. The minimum absolute atomic E-state index is 0.0747. The van der Waals surface area contributed by atoms with Crippen molar-refractivity contribution in [3.8, 4) is 5.75 Å². The molecule has 0 radical (unpaired) electrons. The zero-order valence-electron chi connectivity index (χ0n) is 11.0. The Morgan fingerprint density at radius 3 is 2.70 bits per heavy atom. The average Bonchev–Trinajstić information content (AvgIpc) is 2.42. The molecule has 0 aliphatic heterocycles. The molecule has 2 aromatic rings. The largest absolute Gasteiger partial charge is 0.507 e. The molecule has 0 aliphatic rings. The van der Waals surface area contributed by atoms with Crippen LogP contribution in [-0.4, -0.2) is 17.6 Å². The molecule has 104 valence electrons. The van der Waals surface area contributed by atoms with Gasteiger partial charge >= 0.3 is 0 Å². The molecule has 4 nitrogen and oxygen atoms in total. The quantitative estimate of drug-likeness (QED) is 0.846. The number of anilines is 2. The molecule has 0 saturated heterocycles. The molecule has 0 spiro atoms. The Morgan fingerprint density at radius 1 is 1.30 bits per heavy atom. The van der Waals surface area contributed by atoms with Crippen molar-refractivity contribution in [1.82, 2.24) is 0 Å². The summed E-state index contributed by atoms with van der Waals surface area (Å²) < 4.78 is 13.2. The van der Waals surface area contributed by atoms with E-state index in [9.17, 15) is 14.3 Å². The van der Waals surface area contributed by atoms with Crippen molar-refractivity contribution < 1.29 is 14.3 Å². The first kappa shape index (κ1) is 13.9. The molecular formula is C15H15FN2O2. The molecule has 0 saturated carbocycles. The van der Waals surface area contributed by atoms with Gasteiger partial charge in [-0.2, -0.15) is 0 Å². The molecule has 2 aromatic carbocycles. The summed E-state index contributed by atoms with van der Waals surface area (Å²) in [5.41, 5.74) is 6.75. The van der Waals surface area contributed by atoms with E-state index in [1.807, 2.05) is 0 Å². The number of phenolic OH excluding ortho intramolecular Hbond substituents is 1. The van der Waals surface area contributed by atoms with E-state index in [0.29, 0.717) is 17.9 Å². The molecule has 0 heterocycles. The Balaban J connectivity index is 2.41. The average molecular weight is 274 g/mol. The predicted octanol–water partition coefficient (Wildman–Crippen LogP) is 2.78. The summed E-state index contributed by atoms with van der Waals surface area (Å²) in [7, 11) is 0. The van der Waals surface area contributed by atoms with E-state index in [1.54, 1.807) is 31.2 Å². The van der Waals surface area contributed by atoms with Crippen molar-refractivity contribution in [1.29, 1.82) is 0 Å². The van der Waals surface area contributed by atoms with E-state index in [2.05, 4.69) is 0 Å². The molecule has 0 fully saturated rings. The fraction of sp³-hybridized carbons (Fsp3) is 0.133. The van der Waals surface area contributed by atoms with E-state index in [-0.39, 0.29) is 11.3 Å². The van der Waals surface area contributed by atoms with Crippen LogP contribution in [0.4, 0.5) is 15.8 Å². The highest BCUT2D eigenvalue weighted by molar-refractivity contribution is 6.07. The van der Waals surface area contributed by atoms with Gasteiger partial charge in [-0.3, -0.25) is 4.79 Å². The van der Waals surface area contributed by atoms with Gasteiger partial charge in [0.2, 0.25) is 0 Å². The van der Waals surface area contributed by atoms with Crippen LogP contribution in [0.2, 0.25) is 0 Å². The topological polar surface area (TPSA) is 66.6 Å². The Bertz CT molecular complexity index is 644. The number of aromatic hydroxyl groups is 1. The van der Waals surface area contributed by atoms with Gasteiger partial charge in [0.05, 0.1) is 5.56 Å². The third-order valence-corrected chi connectivity index (χ3v) is 2.93. The second-order valence-corrected chi connectivity index (χ2v) is 4.31. The number of rotatable bonds is 3. The van der Waals surface area contributed by atoms with Crippen LogP contribution in [0.1, 0.15) is 17.3 Å². The first-order valence-electron chi connectivity index (χ1n) is 6.19. The summed E-state index contributed by atoms with van der Waals surface area (Å²) in [6.45, 7) is 2.16. The highest BCUT2D eigenvalue weighted by Crippen LogP contribution is 2.24. The SMILES string of the molecule is CCN(C(=O)c1cc(F)ccc1O)c1cccc(N)c1. The molecule has 2 rings (SSSR count). The van der Waals surface area contributed by atoms with Gasteiger partial charge in [0.1, 0.15) is 11.6 Å². The highest BCUT2D eigenvalue weighted by atomic mass is 19.1. The van der Waals surface area contributed by atoms with Crippen LogP contribution in [0, 0.1) is 5.82 Å². The van der Waals surface area contributed by atoms with E-state index >= 15 is 0 Å². The number of carbonyl (C=O) groups excluding carboxylic acids is 1. The number of hydrogen-bond donors (Lipinski definition) is 2. The summed E-state index contributed by atoms with van der Waals surface area (Å²) in [5, 5.41) is 9.71. The van der Waals surface area contributed by atoms with Crippen molar-refractivity contribution >= 4 is 17.3 Å². The minimum Gasteiger partial charge on any atom is -0.507 e. The van der Waals surface area contributed by atoms with E-state index in [4.69, 9.17) is 5.73 Å². The number of benzene rings is 2. The van der Waals surface area contributed by atoms with Crippen molar-refractivity contribution in [2.45, 2.75) is 6.92 Å². The molecular weight excluding hydrogens is 259 g/mol. The smallest absolute Gasteiger partial charge is 0.262 e. The molecule has 0 aromatic heterocycles. The number of nitrogens with zero attached hydrogens (tertiary/aromatic N) is 1. The number of amides is 1. The van der Waals surface area contributed by atoms with Gasteiger partial charge in [0.15, 0.2) is 0 Å². The van der Waals surface area contributed by atoms with Crippen LogP contribution in [0.5, 0.6) is 5.75 Å². The maximum Gasteiger partial charge on any atom is 0.262 e. The monoisotopic (exact) mass is 274 g/mol. The van der Waals surface area contributed by atoms with Crippen LogP contribution in [0.15, 0.2) is 42.5 Å². The van der Waals surface area contributed by atoms with Crippen molar-refractivity contribution in [3.63, 3.8) is 0 Å². The lowest BCUT2D eigenvalue weighted by Crippen LogP contribution is -2.30. The third kappa shape index (κ3) is 2.71. The van der Waals surface area contributed by atoms with Gasteiger partial charge in [-0.05, 0) is 43.3 Å². The van der Waals surface area contributed by atoms with Crippen molar-refractivity contribution in [2.24, 2.45) is 0 Å². The molecule has 0 aliphatic carbocycles. The normalized spacial score (nSPS) is 10.3. The number of phenols is 1. The second-order valence-electron chi connectivity index (χ2n) is 4.31. The minimum atomic E-state index is -0.574. The summed E-state index contributed by atoms with van der Waals surface area (Å²) in [6, 6.07) is 10.1. The highest BCUT2D eigenvalue weighted by Gasteiger charge is 2.20. The van der Waals surface area contributed by atoms with Crippen molar-refractivity contribution in [2.75, 3.05) is 17.2 Å². The van der Waals surface area contributed by atoms with Crippen LogP contribution in [-0.2, 0) is 0 Å². The summed E-state index contributed by atoms with van der Waals surface area (Å²) >= 11 is 0. The number of nitrogens with two attached hydrogens (primary N) is 1. The first-order valence-corrected chi connectivity index (χ1v) is 6.19. The maximum absolute atomic E-state index is 13.2. The number of nitrogen functional groups attached to an aromatic ring is 1. The molecule has 0 atom stereocenters. The van der Waals surface area contributed by atoms with Gasteiger partial charge in [0.25, 0.3) is 5.91 Å². The lowest BCUT2D eigenvalue weighted by atomic mass is 10.1. The predicted molar refractivity (Wildman–Crippen MR) is 76.3 cm³/mol. The fourth-order valence-corrected chi connectivity index (χ4v) is 1.96. The second kappa shape index (κ2) is 5.61. The molecule has 20 heavy (non-hydrogen) atoms. The first-order chi connectivity index (χ1) is 9.52. The standard InChI is InChI=1S/C15H15FN2O2/c1-2-18(12-5-3-4-11(17)9-12)15(20)13-8-10(16)6-7-14(13)19/h3-9,19H,2,17H2,1H3. The van der Waals surface area contributed by atoms with Crippen molar-refractivity contribution in [3.05, 3.63) is 53.8 Å². The molecule has 3 N–H and O–H groups in total. The zero-order chi connectivity index (χ0) is 14.7. The van der Waals surface area contributed by atoms with Gasteiger partial charge in [-0.15, -0.1) is 0 Å². The van der Waals surface area contributed by atoms with E-state index in [0.717, 1.165) is 18.2 Å². The molecule has 1 amide bonds. The van der Waals surface area contributed by atoms with E-state index in [1.165, 1.54) is 4.90 Å².